The minimum absolute atomic E-state index is 0.215. The van der Waals surface area contributed by atoms with E-state index in [4.69, 9.17) is 16.3 Å². The van der Waals surface area contributed by atoms with Gasteiger partial charge in [0.1, 0.15) is 5.60 Å². The molecule has 4 nitrogen and oxygen atoms in total. The predicted octanol–water partition coefficient (Wildman–Crippen LogP) is 3.76. The van der Waals surface area contributed by atoms with Crippen LogP contribution in [0.15, 0.2) is 30.5 Å². The first-order valence-corrected chi connectivity index (χ1v) is 7.23. The molecule has 0 fully saturated rings. The molecule has 1 N–H and O–H groups in total. The summed E-state index contributed by atoms with van der Waals surface area (Å²) < 4.78 is 5.13. The third-order valence-corrected chi connectivity index (χ3v) is 2.88. The van der Waals surface area contributed by atoms with Crippen LogP contribution in [0.1, 0.15) is 26.3 Å². The molecule has 0 radical (unpaired) electrons. The highest BCUT2D eigenvalue weighted by molar-refractivity contribution is 6.31. The zero-order valence-electron chi connectivity index (χ0n) is 12.7. The molecule has 2 aromatic rings. The molecule has 2 rings (SSSR count). The SMILES string of the molecule is CC(C)(C)OC(=O)NCC#Cc1ccnc2cc(Cl)ccc12. The average Bonchev–Trinajstić information content (AvgIpc) is 2.41. The first-order valence-electron chi connectivity index (χ1n) is 6.85. The number of carbonyl (C=O) groups is 1. The van der Waals surface area contributed by atoms with Crippen LogP contribution in [0.4, 0.5) is 4.79 Å². The lowest BCUT2D eigenvalue weighted by Gasteiger charge is -2.19. The number of ether oxygens (including phenoxy) is 1. The van der Waals surface area contributed by atoms with Gasteiger partial charge < -0.3 is 10.1 Å². The monoisotopic (exact) mass is 316 g/mol. The number of amides is 1. The third-order valence-electron chi connectivity index (χ3n) is 2.65. The van der Waals surface area contributed by atoms with Gasteiger partial charge in [0.15, 0.2) is 0 Å². The maximum atomic E-state index is 11.5. The molecule has 0 atom stereocenters. The molecule has 0 aliphatic heterocycles. The normalized spacial score (nSPS) is 10.7. The summed E-state index contributed by atoms with van der Waals surface area (Å²) in [6.07, 6.45) is 1.21. The lowest BCUT2D eigenvalue weighted by Crippen LogP contribution is -2.32. The van der Waals surface area contributed by atoms with Gasteiger partial charge in [0, 0.05) is 22.2 Å². The van der Waals surface area contributed by atoms with Crippen molar-refractivity contribution in [2.45, 2.75) is 26.4 Å². The Morgan fingerprint density at radius 1 is 1.36 bits per heavy atom. The van der Waals surface area contributed by atoms with Crippen LogP contribution in [-0.2, 0) is 4.74 Å². The molecule has 0 saturated carbocycles. The second kappa shape index (κ2) is 6.67. The number of benzene rings is 1. The zero-order valence-corrected chi connectivity index (χ0v) is 13.5. The molecular weight excluding hydrogens is 300 g/mol. The topological polar surface area (TPSA) is 51.2 Å². The van der Waals surface area contributed by atoms with Gasteiger partial charge in [-0.3, -0.25) is 4.98 Å². The molecule has 22 heavy (non-hydrogen) atoms. The number of nitrogens with one attached hydrogen (secondary N) is 1. The molecule has 0 bridgehead atoms. The van der Waals surface area contributed by atoms with Crippen LogP contribution < -0.4 is 5.32 Å². The highest BCUT2D eigenvalue weighted by Gasteiger charge is 2.14. The van der Waals surface area contributed by atoms with Crippen molar-refractivity contribution < 1.29 is 9.53 Å². The molecule has 0 saturated heterocycles. The van der Waals surface area contributed by atoms with Crippen molar-refractivity contribution >= 4 is 28.6 Å². The van der Waals surface area contributed by atoms with Gasteiger partial charge >= 0.3 is 6.09 Å². The number of alkyl carbamates (subject to hydrolysis) is 1. The van der Waals surface area contributed by atoms with Gasteiger partial charge in [-0.25, -0.2) is 4.79 Å². The molecule has 5 heteroatoms. The second-order valence-corrected chi connectivity index (χ2v) is 6.11. The molecule has 1 aromatic carbocycles. The number of carbonyl (C=O) groups excluding carboxylic acids is 1. The van der Waals surface area contributed by atoms with E-state index in [2.05, 4.69) is 22.1 Å². The van der Waals surface area contributed by atoms with E-state index in [1.807, 2.05) is 32.9 Å². The first-order chi connectivity index (χ1) is 10.3. The summed E-state index contributed by atoms with van der Waals surface area (Å²) in [5, 5.41) is 4.16. The number of rotatable bonds is 1. The van der Waals surface area contributed by atoms with Crippen LogP contribution in [0.25, 0.3) is 10.9 Å². The van der Waals surface area contributed by atoms with Crippen LogP contribution in [0, 0.1) is 11.8 Å². The number of halogens is 1. The Kier molecular flexibility index (Phi) is 4.89. The van der Waals surface area contributed by atoms with Crippen LogP contribution in [0.2, 0.25) is 5.02 Å². The number of hydrogen-bond donors (Lipinski definition) is 1. The molecule has 0 aliphatic carbocycles. The van der Waals surface area contributed by atoms with Crippen molar-refractivity contribution in [1.29, 1.82) is 0 Å². The van der Waals surface area contributed by atoms with Crippen molar-refractivity contribution in [3.63, 3.8) is 0 Å². The van der Waals surface area contributed by atoms with E-state index < -0.39 is 11.7 Å². The fourth-order valence-electron chi connectivity index (χ4n) is 1.80. The summed E-state index contributed by atoms with van der Waals surface area (Å²) in [5.41, 5.74) is 1.12. The Hall–Kier alpha value is -2.25. The number of pyridine rings is 1. The quantitative estimate of drug-likeness (QED) is 0.815. The van der Waals surface area contributed by atoms with E-state index in [0.29, 0.717) is 5.02 Å². The van der Waals surface area contributed by atoms with Crippen molar-refractivity contribution in [1.82, 2.24) is 10.3 Å². The minimum Gasteiger partial charge on any atom is -0.444 e. The van der Waals surface area contributed by atoms with E-state index in [9.17, 15) is 4.79 Å². The third kappa shape index (κ3) is 4.64. The van der Waals surface area contributed by atoms with Crippen LogP contribution in [0.5, 0.6) is 0 Å². The molecule has 1 heterocycles. The fraction of sp³-hybridized carbons (Fsp3) is 0.294. The maximum absolute atomic E-state index is 11.5. The fourth-order valence-corrected chi connectivity index (χ4v) is 1.97. The number of fused-ring (bicyclic) bond motifs is 1. The maximum Gasteiger partial charge on any atom is 0.408 e. The summed E-state index contributed by atoms with van der Waals surface area (Å²) in [6, 6.07) is 7.31. The van der Waals surface area contributed by atoms with Crippen LogP contribution >= 0.6 is 11.6 Å². The Morgan fingerprint density at radius 2 is 2.14 bits per heavy atom. The molecule has 1 amide bonds. The van der Waals surface area contributed by atoms with Gasteiger partial charge in [0.2, 0.25) is 0 Å². The second-order valence-electron chi connectivity index (χ2n) is 5.68. The Bertz CT molecular complexity index is 755. The molecule has 0 unspecified atom stereocenters. The smallest absolute Gasteiger partial charge is 0.408 e. The highest BCUT2D eigenvalue weighted by Crippen LogP contribution is 2.20. The standard InChI is InChI=1S/C17H17ClN2O2/c1-17(2,3)22-16(21)20-9-4-5-12-8-10-19-15-11-13(18)6-7-14(12)15/h6-8,10-11H,9H2,1-3H3,(H,20,21). The zero-order chi connectivity index (χ0) is 16.2. The summed E-state index contributed by atoms with van der Waals surface area (Å²) >= 11 is 5.95. The lowest BCUT2D eigenvalue weighted by atomic mass is 10.1. The molecule has 0 aliphatic rings. The van der Waals surface area contributed by atoms with Crippen molar-refractivity contribution in [2.75, 3.05) is 6.54 Å². The molecule has 114 valence electrons. The van der Waals surface area contributed by atoms with E-state index in [1.54, 1.807) is 18.3 Å². The number of nitrogens with zero attached hydrogens (tertiary/aromatic N) is 1. The van der Waals surface area contributed by atoms with E-state index in [0.717, 1.165) is 16.5 Å². The van der Waals surface area contributed by atoms with Gasteiger partial charge in [-0.2, -0.15) is 0 Å². The largest absolute Gasteiger partial charge is 0.444 e. The van der Waals surface area contributed by atoms with Crippen LogP contribution in [0.3, 0.4) is 0 Å². The van der Waals surface area contributed by atoms with Crippen LogP contribution in [-0.4, -0.2) is 23.2 Å². The van der Waals surface area contributed by atoms with Gasteiger partial charge in [-0.1, -0.05) is 29.5 Å². The van der Waals surface area contributed by atoms with Gasteiger partial charge in [-0.15, -0.1) is 0 Å². The van der Waals surface area contributed by atoms with E-state index >= 15 is 0 Å². The van der Waals surface area contributed by atoms with Crippen molar-refractivity contribution in [3.8, 4) is 11.8 Å². The number of aromatic nitrogens is 1. The van der Waals surface area contributed by atoms with Crippen molar-refractivity contribution in [2.24, 2.45) is 0 Å². The summed E-state index contributed by atoms with van der Waals surface area (Å²) in [5.74, 6) is 5.92. The first kappa shape index (κ1) is 16.1. The molecular formula is C17H17ClN2O2. The average molecular weight is 317 g/mol. The summed E-state index contributed by atoms with van der Waals surface area (Å²) in [4.78, 5) is 15.8. The Balaban J connectivity index is 2.05. The van der Waals surface area contributed by atoms with Gasteiger partial charge in [0.25, 0.3) is 0 Å². The minimum atomic E-state index is -0.516. The Morgan fingerprint density at radius 3 is 2.86 bits per heavy atom. The predicted molar refractivity (Wildman–Crippen MR) is 87.9 cm³/mol. The summed E-state index contributed by atoms with van der Waals surface area (Å²) in [6.45, 7) is 5.65. The van der Waals surface area contributed by atoms with Crippen molar-refractivity contribution in [3.05, 3.63) is 41.0 Å². The Labute approximate surface area is 134 Å². The lowest BCUT2D eigenvalue weighted by molar-refractivity contribution is 0.0535. The van der Waals surface area contributed by atoms with E-state index in [1.165, 1.54) is 0 Å². The van der Waals surface area contributed by atoms with Gasteiger partial charge in [-0.05, 0) is 39.0 Å². The highest BCUT2D eigenvalue weighted by atomic mass is 35.5. The number of hydrogen-bond acceptors (Lipinski definition) is 3. The molecule has 0 spiro atoms. The van der Waals surface area contributed by atoms with E-state index in [-0.39, 0.29) is 6.54 Å². The molecule has 1 aromatic heterocycles. The van der Waals surface area contributed by atoms with Gasteiger partial charge in [0.05, 0.1) is 12.1 Å². The summed E-state index contributed by atoms with van der Waals surface area (Å²) in [7, 11) is 0.